The third-order valence-electron chi connectivity index (χ3n) is 3.52. The Hall–Kier alpha value is -2.05. The molecular weight excluding hydrogens is 324 g/mol. The van der Waals surface area contributed by atoms with Crippen LogP contribution in [0.4, 0.5) is 4.79 Å². The smallest absolute Gasteiger partial charge is 0.408 e. The molecule has 0 aromatic rings. The van der Waals surface area contributed by atoms with Gasteiger partial charge in [-0.25, -0.2) is 9.59 Å². The Labute approximate surface area is 149 Å². The summed E-state index contributed by atoms with van der Waals surface area (Å²) < 4.78 is 10.4. The van der Waals surface area contributed by atoms with Gasteiger partial charge in [-0.05, 0) is 54.4 Å². The Morgan fingerprint density at radius 1 is 1.36 bits per heavy atom. The van der Waals surface area contributed by atoms with E-state index in [4.69, 9.17) is 9.47 Å². The predicted molar refractivity (Wildman–Crippen MR) is 93.9 cm³/mol. The summed E-state index contributed by atoms with van der Waals surface area (Å²) in [5, 5.41) is 5.51. The molecule has 1 rings (SSSR count). The molecule has 1 fully saturated rings. The van der Waals surface area contributed by atoms with Crippen molar-refractivity contribution < 1.29 is 23.9 Å². The Kier molecular flexibility index (Phi) is 7.45. The summed E-state index contributed by atoms with van der Waals surface area (Å²) in [6, 6.07) is -0.497. The highest BCUT2D eigenvalue weighted by Crippen LogP contribution is 2.18. The van der Waals surface area contributed by atoms with E-state index in [1.165, 1.54) is 0 Å². The topological polar surface area (TPSA) is 93.7 Å². The molecule has 7 heteroatoms. The van der Waals surface area contributed by atoms with Gasteiger partial charge in [0, 0.05) is 18.0 Å². The molecule has 0 radical (unpaired) electrons. The largest absolute Gasteiger partial charge is 0.460 e. The van der Waals surface area contributed by atoms with Crippen molar-refractivity contribution >= 4 is 18.0 Å². The van der Waals surface area contributed by atoms with Crippen molar-refractivity contribution in [3.8, 4) is 0 Å². The van der Waals surface area contributed by atoms with Gasteiger partial charge in [-0.3, -0.25) is 4.79 Å². The van der Waals surface area contributed by atoms with Crippen molar-refractivity contribution in [1.29, 1.82) is 0 Å². The second-order valence-electron chi connectivity index (χ2n) is 7.57. The molecule has 0 aliphatic carbocycles. The highest BCUT2D eigenvalue weighted by Gasteiger charge is 2.28. The summed E-state index contributed by atoms with van der Waals surface area (Å²) in [5.41, 5.74) is -0.248. The van der Waals surface area contributed by atoms with Crippen molar-refractivity contribution in [2.75, 3.05) is 6.54 Å². The normalized spacial score (nSPS) is 19.4. The average molecular weight is 354 g/mol. The summed E-state index contributed by atoms with van der Waals surface area (Å²) in [5.74, 6) is -0.682. The van der Waals surface area contributed by atoms with Crippen molar-refractivity contribution in [2.24, 2.45) is 5.92 Å². The predicted octanol–water partition coefficient (Wildman–Crippen LogP) is 2.30. The van der Waals surface area contributed by atoms with Gasteiger partial charge in [0.05, 0.1) is 12.1 Å². The van der Waals surface area contributed by atoms with Crippen molar-refractivity contribution in [3.05, 3.63) is 11.6 Å². The fraction of sp³-hybridized carbons (Fsp3) is 0.722. The van der Waals surface area contributed by atoms with Crippen LogP contribution in [0.1, 0.15) is 54.4 Å². The van der Waals surface area contributed by atoms with Crippen molar-refractivity contribution in [2.45, 2.75) is 72.1 Å². The van der Waals surface area contributed by atoms with Crippen LogP contribution in [0, 0.1) is 5.92 Å². The summed E-state index contributed by atoms with van der Waals surface area (Å²) in [6.07, 6.45) is 1.91. The van der Waals surface area contributed by atoms with Gasteiger partial charge in [0.1, 0.15) is 5.60 Å². The number of esters is 1. The Morgan fingerprint density at radius 2 is 2.00 bits per heavy atom. The zero-order valence-electron chi connectivity index (χ0n) is 16.0. The van der Waals surface area contributed by atoms with Gasteiger partial charge in [0.25, 0.3) is 0 Å². The quantitative estimate of drug-likeness (QED) is 0.564. The molecule has 0 spiro atoms. The van der Waals surface area contributed by atoms with Gasteiger partial charge in [-0.2, -0.15) is 0 Å². The average Bonchev–Trinajstić information content (AvgIpc) is 2.80. The molecule has 0 aromatic heterocycles. The third-order valence-corrected chi connectivity index (χ3v) is 3.52. The molecule has 2 atom stereocenters. The van der Waals surface area contributed by atoms with E-state index in [0.29, 0.717) is 25.0 Å². The van der Waals surface area contributed by atoms with E-state index in [0.717, 1.165) is 0 Å². The van der Waals surface area contributed by atoms with E-state index in [1.807, 2.05) is 0 Å². The lowest BCUT2D eigenvalue weighted by atomic mass is 9.97. The first kappa shape index (κ1) is 21.0. The van der Waals surface area contributed by atoms with E-state index >= 15 is 0 Å². The fourth-order valence-corrected chi connectivity index (χ4v) is 2.48. The summed E-state index contributed by atoms with van der Waals surface area (Å²) in [7, 11) is 0. The zero-order valence-corrected chi connectivity index (χ0v) is 16.0. The molecule has 2 N–H and O–H groups in total. The first-order chi connectivity index (χ1) is 11.5. The highest BCUT2D eigenvalue weighted by atomic mass is 16.6. The number of carbonyl (C=O) groups is 3. The van der Waals surface area contributed by atoms with Crippen LogP contribution in [0.25, 0.3) is 0 Å². The first-order valence-corrected chi connectivity index (χ1v) is 8.64. The monoisotopic (exact) mass is 354 g/mol. The van der Waals surface area contributed by atoms with E-state index in [1.54, 1.807) is 47.6 Å². The molecule has 0 bridgehead atoms. The number of ether oxygens (including phenoxy) is 2. The van der Waals surface area contributed by atoms with Crippen LogP contribution in [0.15, 0.2) is 11.6 Å². The molecule has 7 nitrogen and oxygen atoms in total. The van der Waals surface area contributed by atoms with Crippen LogP contribution < -0.4 is 10.6 Å². The molecule has 2 amide bonds. The molecule has 1 aliphatic rings. The Bertz CT molecular complexity index is 534. The van der Waals surface area contributed by atoms with Crippen molar-refractivity contribution in [3.63, 3.8) is 0 Å². The number of hydrogen-bond donors (Lipinski definition) is 2. The van der Waals surface area contributed by atoms with Crippen LogP contribution in [0.3, 0.4) is 0 Å². The number of carbonyl (C=O) groups excluding carboxylic acids is 3. The minimum absolute atomic E-state index is 0.0354. The highest BCUT2D eigenvalue weighted by molar-refractivity contribution is 5.88. The van der Waals surface area contributed by atoms with Crippen LogP contribution in [0.5, 0.6) is 0 Å². The number of amides is 2. The second-order valence-corrected chi connectivity index (χ2v) is 7.57. The van der Waals surface area contributed by atoms with Gasteiger partial charge >= 0.3 is 12.1 Å². The molecule has 1 aliphatic heterocycles. The number of hydrogen-bond acceptors (Lipinski definition) is 5. The summed E-state index contributed by atoms with van der Waals surface area (Å²) in [6.45, 7) is 11.1. The zero-order chi connectivity index (χ0) is 19.2. The molecule has 1 saturated heterocycles. The van der Waals surface area contributed by atoms with E-state index in [-0.39, 0.29) is 17.9 Å². The second kappa shape index (κ2) is 8.87. The summed E-state index contributed by atoms with van der Waals surface area (Å²) >= 11 is 0. The third kappa shape index (κ3) is 8.05. The molecule has 0 saturated carbocycles. The molecule has 25 heavy (non-hydrogen) atoms. The fourth-order valence-electron chi connectivity index (χ4n) is 2.48. The SMILES string of the molecule is C/C(=C\[C@H](CC1CCNC1=O)NC(=O)OC(C)(C)C)C(=O)OC(C)C. The molecule has 1 unspecified atom stereocenters. The number of nitrogens with one attached hydrogen (secondary N) is 2. The van der Waals surface area contributed by atoms with E-state index in [9.17, 15) is 14.4 Å². The van der Waals surface area contributed by atoms with E-state index < -0.39 is 23.7 Å². The Morgan fingerprint density at radius 3 is 2.48 bits per heavy atom. The first-order valence-electron chi connectivity index (χ1n) is 8.64. The van der Waals surface area contributed by atoms with Crippen LogP contribution in [-0.4, -0.2) is 42.3 Å². The maximum absolute atomic E-state index is 12.1. The standard InChI is InChI=1S/C18H30N2O5/c1-11(2)24-16(22)12(3)9-14(10-13-7-8-19-15(13)21)20-17(23)25-18(4,5)6/h9,11,13-14H,7-8,10H2,1-6H3,(H,19,21)(H,20,23)/b12-9+/t13?,14-/m1/s1. The van der Waals surface area contributed by atoms with E-state index in [2.05, 4.69) is 10.6 Å². The van der Waals surface area contributed by atoms with Crippen LogP contribution >= 0.6 is 0 Å². The summed E-state index contributed by atoms with van der Waals surface area (Å²) in [4.78, 5) is 35.9. The lowest BCUT2D eigenvalue weighted by Gasteiger charge is -2.23. The molecule has 142 valence electrons. The molecule has 1 heterocycles. The number of rotatable bonds is 6. The number of alkyl carbamates (subject to hydrolysis) is 1. The molecular formula is C18H30N2O5. The van der Waals surface area contributed by atoms with Gasteiger partial charge < -0.3 is 20.1 Å². The Balaban J connectivity index is 2.84. The van der Waals surface area contributed by atoms with Crippen LogP contribution in [-0.2, 0) is 19.1 Å². The van der Waals surface area contributed by atoms with Gasteiger partial charge in [0.2, 0.25) is 5.91 Å². The van der Waals surface area contributed by atoms with Gasteiger partial charge in [-0.1, -0.05) is 6.08 Å². The lowest BCUT2D eigenvalue weighted by Crippen LogP contribution is -2.40. The van der Waals surface area contributed by atoms with Crippen molar-refractivity contribution in [1.82, 2.24) is 10.6 Å². The molecule has 0 aromatic carbocycles. The minimum atomic E-state index is -0.630. The van der Waals surface area contributed by atoms with Gasteiger partial charge in [0.15, 0.2) is 0 Å². The van der Waals surface area contributed by atoms with Gasteiger partial charge in [-0.15, -0.1) is 0 Å². The maximum Gasteiger partial charge on any atom is 0.408 e. The van der Waals surface area contributed by atoms with Crippen LogP contribution in [0.2, 0.25) is 0 Å². The maximum atomic E-state index is 12.1. The minimum Gasteiger partial charge on any atom is -0.460 e. The lowest BCUT2D eigenvalue weighted by molar-refractivity contribution is -0.142.